The maximum Gasteiger partial charge on any atom is 0.161 e. The van der Waals surface area contributed by atoms with Gasteiger partial charge in [0.05, 0.1) is 25.9 Å². The van der Waals surface area contributed by atoms with E-state index in [4.69, 9.17) is 21.1 Å². The Bertz CT molecular complexity index is 748. The summed E-state index contributed by atoms with van der Waals surface area (Å²) < 4.78 is 11.4. The third kappa shape index (κ3) is 3.62. The summed E-state index contributed by atoms with van der Waals surface area (Å²) in [6.45, 7) is 0. The van der Waals surface area contributed by atoms with Crippen molar-refractivity contribution in [1.29, 1.82) is 5.26 Å². The molecule has 0 bridgehead atoms. The van der Waals surface area contributed by atoms with E-state index in [1.165, 1.54) is 0 Å². The van der Waals surface area contributed by atoms with Gasteiger partial charge in [-0.15, -0.1) is 0 Å². The van der Waals surface area contributed by atoms with E-state index < -0.39 is 0 Å². The van der Waals surface area contributed by atoms with E-state index in [2.05, 4.69) is 22.0 Å². The zero-order chi connectivity index (χ0) is 16.1. The van der Waals surface area contributed by atoms with Gasteiger partial charge in [-0.1, -0.05) is 39.7 Å². The average Bonchev–Trinajstić information content (AvgIpc) is 2.54. The smallest absolute Gasteiger partial charge is 0.161 e. The van der Waals surface area contributed by atoms with Crippen LogP contribution in [0.15, 0.2) is 40.9 Å². The fourth-order valence-electron chi connectivity index (χ4n) is 1.95. The molecule has 0 amide bonds. The predicted molar refractivity (Wildman–Crippen MR) is 92.2 cm³/mol. The summed E-state index contributed by atoms with van der Waals surface area (Å²) in [4.78, 5) is 0. The molecule has 2 aromatic rings. The minimum atomic E-state index is 0.532. The predicted octanol–water partition coefficient (Wildman–Crippen LogP) is 5.18. The van der Waals surface area contributed by atoms with Gasteiger partial charge in [0.15, 0.2) is 11.5 Å². The standard InChI is InChI=1S/C17H13BrClNO2/c1-21-16-8-12(15(18)9-17(16)22-2)7-13(10-20)11-3-5-14(19)6-4-11/h3-9H,1-2H3. The van der Waals surface area contributed by atoms with Gasteiger partial charge in [0.2, 0.25) is 0 Å². The molecule has 2 rings (SSSR count). The van der Waals surface area contributed by atoms with Crippen LogP contribution in [0.25, 0.3) is 11.6 Å². The summed E-state index contributed by atoms with van der Waals surface area (Å²) in [5.74, 6) is 1.22. The molecule has 112 valence electrons. The Balaban J connectivity index is 2.50. The van der Waals surface area contributed by atoms with Gasteiger partial charge < -0.3 is 9.47 Å². The molecule has 0 N–H and O–H groups in total. The van der Waals surface area contributed by atoms with Gasteiger partial charge in [-0.05, 0) is 41.5 Å². The number of ether oxygens (including phenoxy) is 2. The quantitative estimate of drug-likeness (QED) is 0.543. The van der Waals surface area contributed by atoms with E-state index in [-0.39, 0.29) is 0 Å². The molecule has 0 saturated heterocycles. The molecule has 5 heteroatoms. The van der Waals surface area contributed by atoms with Crippen molar-refractivity contribution in [3.05, 3.63) is 57.0 Å². The molecule has 0 unspecified atom stereocenters. The van der Waals surface area contributed by atoms with Crippen LogP contribution in [-0.2, 0) is 0 Å². The number of hydrogen-bond acceptors (Lipinski definition) is 3. The van der Waals surface area contributed by atoms with Gasteiger partial charge in [-0.25, -0.2) is 0 Å². The molecule has 0 fully saturated rings. The highest BCUT2D eigenvalue weighted by Crippen LogP contribution is 2.35. The van der Waals surface area contributed by atoms with Crippen LogP contribution < -0.4 is 9.47 Å². The second kappa shape index (κ2) is 7.35. The molecule has 0 aliphatic heterocycles. The average molecular weight is 379 g/mol. The number of benzene rings is 2. The first-order valence-corrected chi connectivity index (χ1v) is 7.55. The van der Waals surface area contributed by atoms with E-state index in [0.29, 0.717) is 22.1 Å². The molecule has 0 saturated carbocycles. The van der Waals surface area contributed by atoms with Crippen molar-refractivity contribution in [1.82, 2.24) is 0 Å². The highest BCUT2D eigenvalue weighted by molar-refractivity contribution is 9.10. The third-order valence-electron chi connectivity index (χ3n) is 3.08. The molecular weight excluding hydrogens is 366 g/mol. The molecule has 0 aromatic heterocycles. The van der Waals surface area contributed by atoms with Crippen LogP contribution in [0.5, 0.6) is 11.5 Å². The summed E-state index contributed by atoms with van der Waals surface area (Å²) in [7, 11) is 3.15. The zero-order valence-corrected chi connectivity index (χ0v) is 14.4. The molecule has 22 heavy (non-hydrogen) atoms. The first-order valence-electron chi connectivity index (χ1n) is 6.38. The molecular formula is C17H13BrClNO2. The minimum Gasteiger partial charge on any atom is -0.493 e. The first kappa shape index (κ1) is 16.4. The Hall–Kier alpha value is -1.96. The van der Waals surface area contributed by atoms with Gasteiger partial charge >= 0.3 is 0 Å². The van der Waals surface area contributed by atoms with Crippen LogP contribution in [0, 0.1) is 11.3 Å². The Morgan fingerprint density at radius 1 is 1.14 bits per heavy atom. The molecule has 0 aliphatic carbocycles. The van der Waals surface area contributed by atoms with Crippen LogP contribution in [0.4, 0.5) is 0 Å². The van der Waals surface area contributed by atoms with Crippen molar-refractivity contribution in [2.75, 3.05) is 14.2 Å². The molecule has 0 heterocycles. The Kier molecular flexibility index (Phi) is 5.48. The maximum absolute atomic E-state index is 9.41. The summed E-state index contributed by atoms with van der Waals surface area (Å²) in [5, 5.41) is 10.0. The number of allylic oxidation sites excluding steroid dienone is 1. The lowest BCUT2D eigenvalue weighted by molar-refractivity contribution is 0.354. The van der Waals surface area contributed by atoms with E-state index in [0.717, 1.165) is 15.6 Å². The number of hydrogen-bond donors (Lipinski definition) is 0. The van der Waals surface area contributed by atoms with Crippen LogP contribution in [0.2, 0.25) is 5.02 Å². The third-order valence-corrected chi connectivity index (χ3v) is 4.02. The summed E-state index contributed by atoms with van der Waals surface area (Å²) >= 11 is 9.36. The second-order valence-electron chi connectivity index (χ2n) is 4.41. The van der Waals surface area contributed by atoms with E-state index in [9.17, 15) is 5.26 Å². The Labute approximate surface area is 142 Å². The lowest BCUT2D eigenvalue weighted by atomic mass is 10.0. The number of nitrogens with zero attached hydrogens (tertiary/aromatic N) is 1. The van der Waals surface area contributed by atoms with E-state index in [1.807, 2.05) is 24.3 Å². The number of rotatable bonds is 4. The summed E-state index contributed by atoms with van der Waals surface area (Å²) in [5.41, 5.74) is 2.15. The molecule has 0 aliphatic rings. The van der Waals surface area contributed by atoms with Crippen LogP contribution >= 0.6 is 27.5 Å². The Morgan fingerprint density at radius 3 is 2.27 bits per heavy atom. The normalized spacial score (nSPS) is 11.0. The fraction of sp³-hybridized carbons (Fsp3) is 0.118. The maximum atomic E-state index is 9.41. The van der Waals surface area contributed by atoms with Gasteiger partial charge in [0, 0.05) is 9.50 Å². The Morgan fingerprint density at radius 2 is 1.73 bits per heavy atom. The van der Waals surface area contributed by atoms with Crippen molar-refractivity contribution in [3.8, 4) is 17.6 Å². The molecule has 0 radical (unpaired) electrons. The zero-order valence-electron chi connectivity index (χ0n) is 12.1. The topological polar surface area (TPSA) is 42.2 Å². The molecule has 2 aromatic carbocycles. The monoisotopic (exact) mass is 377 g/mol. The molecule has 0 atom stereocenters. The number of halogens is 2. The number of nitriles is 1. The second-order valence-corrected chi connectivity index (χ2v) is 5.70. The molecule has 3 nitrogen and oxygen atoms in total. The first-order chi connectivity index (χ1) is 10.6. The van der Waals surface area contributed by atoms with Gasteiger partial charge in [-0.3, -0.25) is 0 Å². The largest absolute Gasteiger partial charge is 0.493 e. The van der Waals surface area contributed by atoms with Gasteiger partial charge in [0.25, 0.3) is 0 Å². The SMILES string of the molecule is COc1cc(Br)c(C=C(C#N)c2ccc(Cl)cc2)cc1OC. The summed E-state index contributed by atoms with van der Waals surface area (Å²) in [6.07, 6.45) is 1.79. The van der Waals surface area contributed by atoms with Crippen molar-refractivity contribution < 1.29 is 9.47 Å². The van der Waals surface area contributed by atoms with E-state index in [1.54, 1.807) is 32.4 Å². The molecule has 0 spiro atoms. The highest BCUT2D eigenvalue weighted by atomic mass is 79.9. The van der Waals surface area contributed by atoms with Gasteiger partial charge in [-0.2, -0.15) is 5.26 Å². The number of methoxy groups -OCH3 is 2. The van der Waals surface area contributed by atoms with Crippen molar-refractivity contribution >= 4 is 39.2 Å². The van der Waals surface area contributed by atoms with Crippen molar-refractivity contribution in [3.63, 3.8) is 0 Å². The van der Waals surface area contributed by atoms with Crippen LogP contribution in [0.3, 0.4) is 0 Å². The van der Waals surface area contributed by atoms with E-state index >= 15 is 0 Å². The highest BCUT2D eigenvalue weighted by Gasteiger charge is 2.10. The van der Waals surface area contributed by atoms with Crippen molar-refractivity contribution in [2.24, 2.45) is 0 Å². The minimum absolute atomic E-state index is 0.532. The summed E-state index contributed by atoms with van der Waals surface area (Å²) in [6, 6.07) is 13.0. The van der Waals surface area contributed by atoms with Crippen molar-refractivity contribution in [2.45, 2.75) is 0 Å². The lowest BCUT2D eigenvalue weighted by Crippen LogP contribution is -1.92. The van der Waals surface area contributed by atoms with Crippen LogP contribution in [-0.4, -0.2) is 14.2 Å². The van der Waals surface area contributed by atoms with Gasteiger partial charge in [0.1, 0.15) is 0 Å². The van der Waals surface area contributed by atoms with Crippen LogP contribution in [0.1, 0.15) is 11.1 Å². The lowest BCUT2D eigenvalue weighted by Gasteiger charge is -2.10. The fourth-order valence-corrected chi connectivity index (χ4v) is 2.51.